The van der Waals surface area contributed by atoms with Crippen LogP contribution in [0.25, 0.3) is 0 Å². The largest absolute Gasteiger partial charge is 0.379 e. The Hall–Kier alpha value is -0.810. The summed E-state index contributed by atoms with van der Waals surface area (Å²) in [6, 6.07) is 0. The highest BCUT2D eigenvalue weighted by Crippen LogP contribution is 2.09. The van der Waals surface area contributed by atoms with E-state index in [-0.39, 0.29) is 0 Å². The molecule has 0 spiro atoms. The van der Waals surface area contributed by atoms with Gasteiger partial charge in [-0.05, 0) is 25.7 Å². The molecule has 2 fully saturated rings. The van der Waals surface area contributed by atoms with Gasteiger partial charge in [-0.15, -0.1) is 0 Å². The number of rotatable bonds is 5. The number of likely N-dealkylation sites (tertiary alicyclic amines) is 1. The quantitative estimate of drug-likeness (QED) is 0.604. The lowest BCUT2D eigenvalue weighted by atomic mass is 10.1. The molecule has 0 bridgehead atoms. The summed E-state index contributed by atoms with van der Waals surface area (Å²) in [6.07, 6.45) is 2.60. The predicted octanol–water partition coefficient (Wildman–Crippen LogP) is 1.02. The smallest absolute Gasteiger partial charge is 0.193 e. The molecule has 1 unspecified atom stereocenters. The first-order valence-corrected chi connectivity index (χ1v) is 8.13. The Balaban J connectivity index is 1.77. The monoisotopic (exact) mass is 282 g/mol. The SMILES string of the molecule is CCNC(=NCC(C)CN1CCOCC1)N1CCCC1. The third kappa shape index (κ3) is 4.94. The first-order chi connectivity index (χ1) is 9.79. The average Bonchev–Trinajstić information content (AvgIpc) is 2.98. The van der Waals surface area contributed by atoms with Crippen molar-refractivity contribution in [3.63, 3.8) is 0 Å². The van der Waals surface area contributed by atoms with Crippen LogP contribution in [0.3, 0.4) is 0 Å². The van der Waals surface area contributed by atoms with Crippen LogP contribution in [-0.2, 0) is 4.74 Å². The van der Waals surface area contributed by atoms with Crippen LogP contribution in [0.1, 0.15) is 26.7 Å². The van der Waals surface area contributed by atoms with Gasteiger partial charge in [-0.3, -0.25) is 9.89 Å². The van der Waals surface area contributed by atoms with Gasteiger partial charge < -0.3 is 15.0 Å². The topological polar surface area (TPSA) is 40.1 Å². The van der Waals surface area contributed by atoms with Gasteiger partial charge in [-0.2, -0.15) is 0 Å². The van der Waals surface area contributed by atoms with Gasteiger partial charge in [0, 0.05) is 45.8 Å². The molecule has 2 rings (SSSR count). The van der Waals surface area contributed by atoms with E-state index in [2.05, 4.69) is 29.0 Å². The number of guanidine groups is 1. The van der Waals surface area contributed by atoms with Crippen molar-refractivity contribution in [1.29, 1.82) is 0 Å². The fraction of sp³-hybridized carbons (Fsp3) is 0.933. The highest BCUT2D eigenvalue weighted by atomic mass is 16.5. The first-order valence-electron chi connectivity index (χ1n) is 8.13. The molecule has 0 aromatic rings. The van der Waals surface area contributed by atoms with Gasteiger partial charge in [0.2, 0.25) is 0 Å². The normalized spacial score (nSPS) is 23.1. The van der Waals surface area contributed by atoms with Crippen molar-refractivity contribution in [2.24, 2.45) is 10.9 Å². The Morgan fingerprint density at radius 1 is 1.20 bits per heavy atom. The maximum atomic E-state index is 5.39. The fourth-order valence-corrected chi connectivity index (χ4v) is 2.88. The summed E-state index contributed by atoms with van der Waals surface area (Å²) in [5, 5.41) is 3.43. The van der Waals surface area contributed by atoms with Gasteiger partial charge in [0.25, 0.3) is 0 Å². The van der Waals surface area contributed by atoms with Crippen molar-refractivity contribution in [1.82, 2.24) is 15.1 Å². The van der Waals surface area contributed by atoms with Crippen LogP contribution in [-0.4, -0.2) is 74.8 Å². The number of ether oxygens (including phenoxy) is 1. The lowest BCUT2D eigenvalue weighted by Gasteiger charge is -2.29. The molecule has 5 nitrogen and oxygen atoms in total. The van der Waals surface area contributed by atoms with E-state index < -0.39 is 0 Å². The highest BCUT2D eigenvalue weighted by molar-refractivity contribution is 5.80. The van der Waals surface area contributed by atoms with E-state index in [9.17, 15) is 0 Å². The minimum absolute atomic E-state index is 0.601. The van der Waals surface area contributed by atoms with E-state index >= 15 is 0 Å². The second-order valence-electron chi connectivity index (χ2n) is 5.91. The highest BCUT2D eigenvalue weighted by Gasteiger charge is 2.17. The summed E-state index contributed by atoms with van der Waals surface area (Å²) in [5.41, 5.74) is 0. The average molecular weight is 282 g/mol. The fourth-order valence-electron chi connectivity index (χ4n) is 2.88. The second-order valence-corrected chi connectivity index (χ2v) is 5.91. The Morgan fingerprint density at radius 3 is 2.55 bits per heavy atom. The molecular formula is C15H30N4O. The standard InChI is InChI=1S/C15H30N4O/c1-3-16-15(19-6-4-5-7-19)17-12-14(2)13-18-8-10-20-11-9-18/h14H,3-13H2,1-2H3,(H,16,17). The van der Waals surface area contributed by atoms with E-state index in [1.807, 2.05) is 0 Å². The number of hydrogen-bond donors (Lipinski definition) is 1. The van der Waals surface area contributed by atoms with Crippen LogP contribution < -0.4 is 5.32 Å². The van der Waals surface area contributed by atoms with E-state index in [0.29, 0.717) is 5.92 Å². The zero-order valence-corrected chi connectivity index (χ0v) is 13.1. The molecule has 1 N–H and O–H groups in total. The van der Waals surface area contributed by atoms with Crippen LogP contribution in [0.2, 0.25) is 0 Å². The molecule has 2 heterocycles. The van der Waals surface area contributed by atoms with Crippen molar-refractivity contribution in [3.05, 3.63) is 0 Å². The van der Waals surface area contributed by atoms with Crippen LogP contribution in [0.5, 0.6) is 0 Å². The van der Waals surface area contributed by atoms with E-state index in [1.165, 1.54) is 12.8 Å². The Labute approximate surface area is 123 Å². The van der Waals surface area contributed by atoms with E-state index in [0.717, 1.165) is 65.0 Å². The third-order valence-electron chi connectivity index (χ3n) is 3.97. The van der Waals surface area contributed by atoms with Crippen molar-refractivity contribution in [3.8, 4) is 0 Å². The van der Waals surface area contributed by atoms with Gasteiger partial charge in [-0.25, -0.2) is 0 Å². The van der Waals surface area contributed by atoms with Gasteiger partial charge in [0.15, 0.2) is 5.96 Å². The lowest BCUT2D eigenvalue weighted by Crippen LogP contribution is -2.41. The van der Waals surface area contributed by atoms with Gasteiger partial charge in [0.05, 0.1) is 13.2 Å². The number of nitrogens with one attached hydrogen (secondary N) is 1. The van der Waals surface area contributed by atoms with Crippen molar-refractivity contribution >= 4 is 5.96 Å². The zero-order chi connectivity index (χ0) is 14.2. The zero-order valence-electron chi connectivity index (χ0n) is 13.1. The molecule has 5 heteroatoms. The summed E-state index contributed by atoms with van der Waals surface area (Å²) in [4.78, 5) is 9.72. The minimum atomic E-state index is 0.601. The van der Waals surface area contributed by atoms with Crippen LogP contribution in [0.15, 0.2) is 4.99 Å². The van der Waals surface area contributed by atoms with Gasteiger partial charge >= 0.3 is 0 Å². The maximum absolute atomic E-state index is 5.39. The summed E-state index contributed by atoms with van der Waals surface area (Å²) in [5.74, 6) is 1.71. The van der Waals surface area contributed by atoms with Crippen LogP contribution in [0, 0.1) is 5.92 Å². The summed E-state index contributed by atoms with van der Waals surface area (Å²) < 4.78 is 5.39. The Kier molecular flexibility index (Phi) is 6.60. The number of aliphatic imine (C=N–C) groups is 1. The summed E-state index contributed by atoms with van der Waals surface area (Å²) in [6.45, 7) is 13.7. The first kappa shape index (κ1) is 15.6. The number of nitrogens with zero attached hydrogens (tertiary/aromatic N) is 3. The summed E-state index contributed by atoms with van der Waals surface area (Å²) in [7, 11) is 0. The second kappa shape index (κ2) is 8.47. The molecule has 0 aliphatic carbocycles. The van der Waals surface area contributed by atoms with Gasteiger partial charge in [0.1, 0.15) is 0 Å². The maximum Gasteiger partial charge on any atom is 0.193 e. The summed E-state index contributed by atoms with van der Waals surface area (Å²) >= 11 is 0. The Bertz CT molecular complexity index is 296. The molecule has 0 radical (unpaired) electrons. The molecule has 1 atom stereocenters. The van der Waals surface area contributed by atoms with Crippen LogP contribution in [0.4, 0.5) is 0 Å². The van der Waals surface area contributed by atoms with Crippen molar-refractivity contribution in [2.45, 2.75) is 26.7 Å². The minimum Gasteiger partial charge on any atom is -0.379 e. The molecule has 116 valence electrons. The number of morpholine rings is 1. The molecule has 0 aromatic heterocycles. The molecule has 20 heavy (non-hydrogen) atoms. The molecule has 2 aliphatic rings. The van der Waals surface area contributed by atoms with Crippen molar-refractivity contribution in [2.75, 3.05) is 59.0 Å². The van der Waals surface area contributed by atoms with E-state index in [1.54, 1.807) is 0 Å². The third-order valence-corrected chi connectivity index (χ3v) is 3.97. The molecule has 2 saturated heterocycles. The molecule has 0 aromatic carbocycles. The number of hydrogen-bond acceptors (Lipinski definition) is 3. The van der Waals surface area contributed by atoms with Gasteiger partial charge in [-0.1, -0.05) is 6.92 Å². The predicted molar refractivity (Wildman–Crippen MR) is 83.2 cm³/mol. The molecular weight excluding hydrogens is 252 g/mol. The van der Waals surface area contributed by atoms with Crippen LogP contribution >= 0.6 is 0 Å². The Morgan fingerprint density at radius 2 is 1.90 bits per heavy atom. The van der Waals surface area contributed by atoms with Crippen molar-refractivity contribution < 1.29 is 4.74 Å². The molecule has 0 saturated carbocycles. The lowest BCUT2D eigenvalue weighted by molar-refractivity contribution is 0.0323. The molecule has 0 amide bonds. The van der Waals surface area contributed by atoms with E-state index in [4.69, 9.17) is 9.73 Å². The molecule has 2 aliphatic heterocycles.